The monoisotopic (exact) mass is 324 g/mol. The summed E-state index contributed by atoms with van der Waals surface area (Å²) in [5, 5.41) is 0. The summed E-state index contributed by atoms with van der Waals surface area (Å²) in [7, 11) is 0. The maximum atomic E-state index is 2.24. The second-order valence-corrected chi connectivity index (χ2v) is 7.95. The van der Waals surface area contributed by atoms with E-state index in [0.717, 1.165) is 0 Å². The Bertz CT molecular complexity index is 459. The molecular formula is C24H36. The average Bonchev–Trinajstić information content (AvgIpc) is 2.55. The molecule has 0 bridgehead atoms. The molecule has 0 spiro atoms. The zero-order valence-corrected chi connectivity index (χ0v) is 16.9. The normalized spacial score (nSPS) is 11.2. The van der Waals surface area contributed by atoms with Crippen LogP contribution in [-0.2, 0) is 0 Å². The molecule has 0 aliphatic rings. The van der Waals surface area contributed by atoms with Crippen molar-refractivity contribution in [3.05, 3.63) is 70.8 Å². The van der Waals surface area contributed by atoms with E-state index < -0.39 is 0 Å². The van der Waals surface area contributed by atoms with Gasteiger partial charge in [-0.15, -0.1) is 0 Å². The zero-order chi connectivity index (χ0) is 18.3. The van der Waals surface area contributed by atoms with Gasteiger partial charge in [-0.1, -0.05) is 104 Å². The van der Waals surface area contributed by atoms with Gasteiger partial charge in [-0.05, 0) is 45.9 Å². The van der Waals surface area contributed by atoms with Crippen molar-refractivity contribution < 1.29 is 0 Å². The molecule has 0 aliphatic carbocycles. The predicted octanol–water partition coefficient (Wildman–Crippen LogP) is 7.87. The molecule has 0 fully saturated rings. The van der Waals surface area contributed by atoms with Crippen molar-refractivity contribution in [3.63, 3.8) is 0 Å². The summed E-state index contributed by atoms with van der Waals surface area (Å²) >= 11 is 0. The molecule has 0 nitrogen and oxygen atoms in total. The molecule has 0 N–H and O–H groups in total. The SMILES string of the molecule is CC(C)c1ccc(C(C)C)cc1.CC(C)c1ccc(C(C)C)cc1. The van der Waals surface area contributed by atoms with Gasteiger partial charge in [0.1, 0.15) is 0 Å². The lowest BCUT2D eigenvalue weighted by Crippen LogP contribution is -1.90. The van der Waals surface area contributed by atoms with Crippen LogP contribution in [0.5, 0.6) is 0 Å². The van der Waals surface area contributed by atoms with E-state index in [1.165, 1.54) is 22.3 Å². The quantitative estimate of drug-likeness (QED) is 0.536. The fourth-order valence-corrected chi connectivity index (χ4v) is 2.53. The van der Waals surface area contributed by atoms with Crippen LogP contribution in [0.15, 0.2) is 48.5 Å². The molecule has 24 heavy (non-hydrogen) atoms. The Labute approximate surface area is 150 Å². The number of rotatable bonds is 4. The lowest BCUT2D eigenvalue weighted by atomic mass is 9.97. The summed E-state index contributed by atoms with van der Waals surface area (Å²) in [6, 6.07) is 17.9. The molecule has 2 aromatic carbocycles. The average molecular weight is 325 g/mol. The van der Waals surface area contributed by atoms with Crippen LogP contribution in [0.25, 0.3) is 0 Å². The molecule has 0 saturated heterocycles. The van der Waals surface area contributed by atoms with Crippen molar-refractivity contribution in [1.29, 1.82) is 0 Å². The molecule has 0 heteroatoms. The fourth-order valence-electron chi connectivity index (χ4n) is 2.53. The summed E-state index contributed by atoms with van der Waals surface area (Å²) in [5.74, 6) is 2.58. The van der Waals surface area contributed by atoms with Gasteiger partial charge in [-0.25, -0.2) is 0 Å². The van der Waals surface area contributed by atoms with Gasteiger partial charge in [0.15, 0.2) is 0 Å². The van der Waals surface area contributed by atoms with Crippen LogP contribution in [0.2, 0.25) is 0 Å². The van der Waals surface area contributed by atoms with Gasteiger partial charge < -0.3 is 0 Å². The van der Waals surface area contributed by atoms with Crippen molar-refractivity contribution >= 4 is 0 Å². The van der Waals surface area contributed by atoms with Crippen LogP contribution in [-0.4, -0.2) is 0 Å². The van der Waals surface area contributed by atoms with Crippen LogP contribution in [0, 0.1) is 0 Å². The van der Waals surface area contributed by atoms with Crippen molar-refractivity contribution in [1.82, 2.24) is 0 Å². The van der Waals surface area contributed by atoms with Crippen molar-refractivity contribution in [2.75, 3.05) is 0 Å². The Morgan fingerprint density at radius 2 is 0.458 bits per heavy atom. The van der Waals surface area contributed by atoms with Gasteiger partial charge in [-0.2, -0.15) is 0 Å². The number of hydrogen-bond acceptors (Lipinski definition) is 0. The predicted molar refractivity (Wildman–Crippen MR) is 109 cm³/mol. The molecule has 0 heterocycles. The molecule has 0 aromatic heterocycles. The molecule has 0 atom stereocenters. The molecule has 132 valence electrons. The maximum absolute atomic E-state index is 2.24. The Kier molecular flexibility index (Phi) is 8.25. The van der Waals surface area contributed by atoms with E-state index in [4.69, 9.17) is 0 Å². The van der Waals surface area contributed by atoms with Gasteiger partial charge in [0.25, 0.3) is 0 Å². The number of hydrogen-bond donors (Lipinski definition) is 0. The molecule has 0 radical (unpaired) electrons. The van der Waals surface area contributed by atoms with Crippen LogP contribution in [0.1, 0.15) is 101 Å². The minimum Gasteiger partial charge on any atom is -0.0587 e. The van der Waals surface area contributed by atoms with Crippen LogP contribution < -0.4 is 0 Å². The van der Waals surface area contributed by atoms with E-state index >= 15 is 0 Å². The molecule has 0 amide bonds. The van der Waals surface area contributed by atoms with Crippen molar-refractivity contribution in [3.8, 4) is 0 Å². The molecular weight excluding hydrogens is 288 g/mol. The highest BCUT2D eigenvalue weighted by molar-refractivity contribution is 5.27. The topological polar surface area (TPSA) is 0 Å². The Morgan fingerprint density at radius 1 is 0.333 bits per heavy atom. The Hall–Kier alpha value is -1.56. The Balaban J connectivity index is 0.000000240. The van der Waals surface area contributed by atoms with E-state index in [1.54, 1.807) is 0 Å². The fraction of sp³-hybridized carbons (Fsp3) is 0.500. The van der Waals surface area contributed by atoms with E-state index in [2.05, 4.69) is 104 Å². The first-order chi connectivity index (χ1) is 11.2. The molecule has 2 rings (SSSR count). The second kappa shape index (κ2) is 9.67. The summed E-state index contributed by atoms with van der Waals surface area (Å²) < 4.78 is 0. The lowest BCUT2D eigenvalue weighted by Gasteiger charge is -2.08. The second-order valence-electron chi connectivity index (χ2n) is 7.95. The molecule has 0 unspecified atom stereocenters. The number of benzene rings is 2. The van der Waals surface area contributed by atoms with Gasteiger partial charge in [-0.3, -0.25) is 0 Å². The Morgan fingerprint density at radius 3 is 0.542 bits per heavy atom. The lowest BCUT2D eigenvalue weighted by molar-refractivity contribution is 0.845. The van der Waals surface area contributed by atoms with Gasteiger partial charge in [0.2, 0.25) is 0 Å². The first kappa shape index (κ1) is 20.5. The van der Waals surface area contributed by atoms with E-state index in [-0.39, 0.29) is 0 Å². The summed E-state index contributed by atoms with van der Waals surface area (Å²) in [6.45, 7) is 17.8. The van der Waals surface area contributed by atoms with E-state index in [0.29, 0.717) is 23.7 Å². The highest BCUT2D eigenvalue weighted by Crippen LogP contribution is 2.20. The summed E-state index contributed by atoms with van der Waals surface area (Å²) in [6.07, 6.45) is 0. The summed E-state index contributed by atoms with van der Waals surface area (Å²) in [5.41, 5.74) is 5.72. The van der Waals surface area contributed by atoms with Gasteiger partial charge in [0, 0.05) is 0 Å². The van der Waals surface area contributed by atoms with Gasteiger partial charge >= 0.3 is 0 Å². The zero-order valence-electron chi connectivity index (χ0n) is 16.9. The molecule has 2 aromatic rings. The first-order valence-electron chi connectivity index (χ1n) is 9.42. The highest BCUT2D eigenvalue weighted by Gasteiger charge is 2.01. The van der Waals surface area contributed by atoms with E-state index in [1.807, 2.05) is 0 Å². The third-order valence-corrected chi connectivity index (χ3v) is 4.54. The minimum absolute atomic E-state index is 0.645. The standard InChI is InChI=1S/2C12H18/c2*1-9(2)11-5-7-12(8-6-11)10(3)4/h2*5-10H,1-4H3. The van der Waals surface area contributed by atoms with Crippen LogP contribution in [0.3, 0.4) is 0 Å². The van der Waals surface area contributed by atoms with Crippen molar-refractivity contribution in [2.24, 2.45) is 0 Å². The minimum atomic E-state index is 0.645. The van der Waals surface area contributed by atoms with Crippen LogP contribution >= 0.6 is 0 Å². The largest absolute Gasteiger partial charge is 0.0587 e. The van der Waals surface area contributed by atoms with Crippen molar-refractivity contribution in [2.45, 2.75) is 79.1 Å². The maximum Gasteiger partial charge on any atom is -0.0219 e. The third-order valence-electron chi connectivity index (χ3n) is 4.54. The third kappa shape index (κ3) is 6.51. The van der Waals surface area contributed by atoms with Crippen LogP contribution in [0.4, 0.5) is 0 Å². The van der Waals surface area contributed by atoms with E-state index in [9.17, 15) is 0 Å². The highest BCUT2D eigenvalue weighted by atomic mass is 14.1. The smallest absolute Gasteiger partial charge is 0.0219 e. The van der Waals surface area contributed by atoms with Gasteiger partial charge in [0.05, 0.1) is 0 Å². The molecule has 0 aliphatic heterocycles. The first-order valence-corrected chi connectivity index (χ1v) is 9.42. The summed E-state index contributed by atoms with van der Waals surface area (Å²) in [4.78, 5) is 0. The molecule has 0 saturated carbocycles.